The Morgan fingerprint density at radius 2 is 1.96 bits per heavy atom. The summed E-state index contributed by atoms with van der Waals surface area (Å²) in [7, 11) is -3.94. The summed E-state index contributed by atoms with van der Waals surface area (Å²) < 4.78 is 40.8. The van der Waals surface area contributed by atoms with Crippen LogP contribution in [0.15, 0.2) is 47.5 Å². The number of rotatable bonds is 7. The third kappa shape index (κ3) is 4.28. The minimum atomic E-state index is -3.94. The van der Waals surface area contributed by atoms with Gasteiger partial charge in [0.15, 0.2) is 5.82 Å². The molecule has 124 valence electrons. The van der Waals surface area contributed by atoms with Crippen LogP contribution in [0.1, 0.15) is 19.0 Å². The van der Waals surface area contributed by atoms with Crippen molar-refractivity contribution in [2.24, 2.45) is 0 Å². The standard InChI is InChI=1S/C16H18ClFN2O2S/c1-2-11-20(12-9-13-6-3-4-10-19-13)23(21,22)15-8-5-7-14(17)16(15)18/h3-8,10H,2,9,11-12H2,1H3. The van der Waals surface area contributed by atoms with Gasteiger partial charge in [0.25, 0.3) is 0 Å². The fourth-order valence-corrected chi connectivity index (χ4v) is 4.06. The second kappa shape index (κ2) is 7.86. The average molecular weight is 357 g/mol. The Morgan fingerprint density at radius 1 is 1.17 bits per heavy atom. The zero-order valence-corrected chi connectivity index (χ0v) is 14.3. The third-order valence-electron chi connectivity index (χ3n) is 3.35. The molecule has 0 bridgehead atoms. The van der Waals surface area contributed by atoms with E-state index in [-0.39, 0.29) is 16.5 Å². The molecule has 0 aliphatic rings. The zero-order valence-electron chi connectivity index (χ0n) is 12.7. The number of pyridine rings is 1. The summed E-state index contributed by atoms with van der Waals surface area (Å²) in [4.78, 5) is 3.79. The number of hydrogen-bond acceptors (Lipinski definition) is 3. The van der Waals surface area contributed by atoms with Crippen LogP contribution < -0.4 is 0 Å². The van der Waals surface area contributed by atoms with E-state index >= 15 is 0 Å². The minimum Gasteiger partial charge on any atom is -0.261 e. The van der Waals surface area contributed by atoms with Gasteiger partial charge >= 0.3 is 0 Å². The lowest BCUT2D eigenvalue weighted by atomic mass is 10.3. The quantitative estimate of drug-likeness (QED) is 0.762. The molecule has 4 nitrogen and oxygen atoms in total. The van der Waals surface area contributed by atoms with Crippen LogP contribution >= 0.6 is 11.6 Å². The highest BCUT2D eigenvalue weighted by Gasteiger charge is 2.27. The van der Waals surface area contributed by atoms with Gasteiger partial charge in [-0.2, -0.15) is 4.31 Å². The number of sulfonamides is 1. The molecule has 7 heteroatoms. The Labute approximate surface area is 141 Å². The van der Waals surface area contributed by atoms with E-state index in [9.17, 15) is 12.8 Å². The van der Waals surface area contributed by atoms with E-state index in [0.717, 1.165) is 5.69 Å². The molecule has 1 aromatic carbocycles. The molecule has 1 aromatic heterocycles. The van der Waals surface area contributed by atoms with Gasteiger partial charge in [-0.05, 0) is 30.7 Å². The number of hydrogen-bond donors (Lipinski definition) is 0. The summed E-state index contributed by atoms with van der Waals surface area (Å²) >= 11 is 5.71. The zero-order chi connectivity index (χ0) is 16.9. The first-order chi connectivity index (χ1) is 11.0. The Balaban J connectivity index is 2.26. The van der Waals surface area contributed by atoms with E-state index in [0.29, 0.717) is 19.4 Å². The van der Waals surface area contributed by atoms with Crippen LogP contribution in [-0.2, 0) is 16.4 Å². The molecule has 0 amide bonds. The molecule has 2 aromatic rings. The maximum atomic E-state index is 14.1. The Morgan fingerprint density at radius 3 is 2.61 bits per heavy atom. The van der Waals surface area contributed by atoms with E-state index in [1.54, 1.807) is 12.3 Å². The van der Waals surface area contributed by atoms with E-state index in [4.69, 9.17) is 11.6 Å². The second-order valence-electron chi connectivity index (χ2n) is 5.03. The van der Waals surface area contributed by atoms with Gasteiger partial charge in [0.05, 0.1) is 5.02 Å². The molecule has 0 aliphatic carbocycles. The molecule has 0 N–H and O–H groups in total. The van der Waals surface area contributed by atoms with Gasteiger partial charge in [-0.25, -0.2) is 12.8 Å². The minimum absolute atomic E-state index is 0.202. The monoisotopic (exact) mass is 356 g/mol. The summed E-state index contributed by atoms with van der Waals surface area (Å²) in [5, 5.41) is -0.202. The fraction of sp³-hybridized carbons (Fsp3) is 0.312. The van der Waals surface area contributed by atoms with E-state index in [1.807, 2.05) is 19.1 Å². The smallest absolute Gasteiger partial charge is 0.246 e. The largest absolute Gasteiger partial charge is 0.261 e. The molecule has 0 saturated heterocycles. The first-order valence-electron chi connectivity index (χ1n) is 7.31. The summed E-state index contributed by atoms with van der Waals surface area (Å²) in [5.41, 5.74) is 0.787. The topological polar surface area (TPSA) is 50.3 Å². The molecule has 23 heavy (non-hydrogen) atoms. The Kier molecular flexibility index (Phi) is 6.10. The highest BCUT2D eigenvalue weighted by Crippen LogP contribution is 2.25. The second-order valence-corrected chi connectivity index (χ2v) is 7.34. The SMILES string of the molecule is CCCN(CCc1ccccn1)S(=O)(=O)c1cccc(Cl)c1F. The Bertz CT molecular complexity index is 754. The number of benzene rings is 1. The highest BCUT2D eigenvalue weighted by molar-refractivity contribution is 7.89. The van der Waals surface area contributed by atoms with Crippen molar-refractivity contribution in [3.8, 4) is 0 Å². The van der Waals surface area contributed by atoms with Crippen molar-refractivity contribution in [2.45, 2.75) is 24.7 Å². The predicted molar refractivity (Wildman–Crippen MR) is 88.4 cm³/mol. The van der Waals surface area contributed by atoms with E-state index < -0.39 is 15.8 Å². The van der Waals surface area contributed by atoms with Gasteiger partial charge in [0, 0.05) is 31.4 Å². The van der Waals surface area contributed by atoms with Crippen LogP contribution in [0.4, 0.5) is 4.39 Å². The van der Waals surface area contributed by atoms with Crippen LogP contribution in [0.2, 0.25) is 5.02 Å². The number of aromatic nitrogens is 1. The van der Waals surface area contributed by atoms with Crippen molar-refractivity contribution in [3.05, 3.63) is 59.1 Å². The van der Waals surface area contributed by atoms with Crippen LogP contribution in [0.3, 0.4) is 0 Å². The van der Waals surface area contributed by atoms with Gasteiger partial charge in [0.1, 0.15) is 4.90 Å². The highest BCUT2D eigenvalue weighted by atomic mass is 35.5. The van der Waals surface area contributed by atoms with Crippen LogP contribution in [-0.4, -0.2) is 30.8 Å². The van der Waals surface area contributed by atoms with Gasteiger partial charge in [-0.15, -0.1) is 0 Å². The lowest BCUT2D eigenvalue weighted by Crippen LogP contribution is -2.34. The van der Waals surface area contributed by atoms with E-state index in [1.165, 1.54) is 22.5 Å². The van der Waals surface area contributed by atoms with Crippen molar-refractivity contribution in [2.75, 3.05) is 13.1 Å². The first kappa shape index (κ1) is 17.8. The maximum absolute atomic E-state index is 14.1. The fourth-order valence-electron chi connectivity index (χ4n) is 2.21. The summed E-state index contributed by atoms with van der Waals surface area (Å²) in [5.74, 6) is -0.909. The molecule has 0 saturated carbocycles. The molecular weight excluding hydrogens is 339 g/mol. The van der Waals surface area contributed by atoms with Crippen molar-refractivity contribution >= 4 is 21.6 Å². The summed E-state index contributed by atoms with van der Waals surface area (Å²) in [6, 6.07) is 9.47. The predicted octanol–water partition coefficient (Wildman–Crippen LogP) is 3.52. The third-order valence-corrected chi connectivity index (χ3v) is 5.56. The molecule has 0 spiro atoms. The van der Waals surface area contributed by atoms with Crippen LogP contribution in [0.25, 0.3) is 0 Å². The van der Waals surface area contributed by atoms with Gasteiger partial charge < -0.3 is 0 Å². The molecule has 0 atom stereocenters. The first-order valence-corrected chi connectivity index (χ1v) is 9.12. The normalized spacial score (nSPS) is 11.8. The lowest BCUT2D eigenvalue weighted by molar-refractivity contribution is 0.409. The molecule has 0 fully saturated rings. The molecule has 0 aliphatic heterocycles. The molecule has 2 rings (SSSR count). The van der Waals surface area contributed by atoms with Crippen LogP contribution in [0.5, 0.6) is 0 Å². The van der Waals surface area contributed by atoms with E-state index in [2.05, 4.69) is 4.98 Å². The van der Waals surface area contributed by atoms with Gasteiger partial charge in [-0.1, -0.05) is 30.7 Å². The van der Waals surface area contributed by atoms with Crippen molar-refractivity contribution in [1.82, 2.24) is 9.29 Å². The van der Waals surface area contributed by atoms with Crippen molar-refractivity contribution < 1.29 is 12.8 Å². The summed E-state index contributed by atoms with van der Waals surface area (Å²) in [6.07, 6.45) is 2.75. The molecular formula is C16H18ClFN2O2S. The van der Waals surface area contributed by atoms with Crippen LogP contribution in [0, 0.1) is 5.82 Å². The summed E-state index contributed by atoms with van der Waals surface area (Å²) in [6.45, 7) is 2.41. The lowest BCUT2D eigenvalue weighted by Gasteiger charge is -2.22. The van der Waals surface area contributed by atoms with Crippen molar-refractivity contribution in [3.63, 3.8) is 0 Å². The molecule has 1 heterocycles. The Hall–Kier alpha value is -1.50. The van der Waals surface area contributed by atoms with Gasteiger partial charge in [-0.3, -0.25) is 4.98 Å². The molecule has 0 radical (unpaired) electrons. The average Bonchev–Trinajstić information content (AvgIpc) is 2.54. The number of nitrogens with zero attached hydrogens (tertiary/aromatic N) is 2. The maximum Gasteiger partial charge on any atom is 0.246 e. The molecule has 0 unspecified atom stereocenters. The van der Waals surface area contributed by atoms with Crippen molar-refractivity contribution in [1.29, 1.82) is 0 Å². The van der Waals surface area contributed by atoms with Gasteiger partial charge in [0.2, 0.25) is 10.0 Å². The number of halogens is 2.